The third-order valence-corrected chi connectivity index (χ3v) is 2.08. The number of aromatic nitrogens is 2. The topological polar surface area (TPSA) is 25.8 Å². The van der Waals surface area contributed by atoms with E-state index in [1.54, 1.807) is 12.5 Å². The molecule has 0 aromatic carbocycles. The number of unbranched alkanes of at least 4 members (excludes halogenated alkanes) is 2. The van der Waals surface area contributed by atoms with Crippen molar-refractivity contribution in [2.45, 2.75) is 32.6 Å². The molecule has 0 radical (unpaired) electrons. The van der Waals surface area contributed by atoms with Gasteiger partial charge >= 0.3 is 0 Å². The average molecular weight is 185 g/mol. The van der Waals surface area contributed by atoms with Crippen molar-refractivity contribution in [2.75, 3.05) is 0 Å². The Balaban J connectivity index is 2.46. The van der Waals surface area contributed by atoms with Gasteiger partial charge in [0, 0.05) is 6.20 Å². The minimum atomic E-state index is 0.689. The Hall–Kier alpha value is -0.630. The van der Waals surface area contributed by atoms with Crippen LogP contribution >= 0.6 is 11.6 Å². The van der Waals surface area contributed by atoms with E-state index in [1.807, 2.05) is 0 Å². The van der Waals surface area contributed by atoms with Gasteiger partial charge in [-0.1, -0.05) is 31.4 Å². The Morgan fingerprint density at radius 1 is 1.42 bits per heavy atom. The van der Waals surface area contributed by atoms with E-state index >= 15 is 0 Å². The summed E-state index contributed by atoms with van der Waals surface area (Å²) in [6.07, 6.45) is 7.79. The van der Waals surface area contributed by atoms with Gasteiger partial charge in [-0.15, -0.1) is 0 Å². The van der Waals surface area contributed by atoms with E-state index in [2.05, 4.69) is 16.9 Å². The number of rotatable bonds is 4. The number of nitrogens with zero attached hydrogens (tertiary/aromatic N) is 2. The summed E-state index contributed by atoms with van der Waals surface area (Å²) in [6.45, 7) is 2.18. The van der Waals surface area contributed by atoms with Crippen LogP contribution in [0.2, 0.25) is 5.02 Å². The molecule has 0 fully saturated rings. The van der Waals surface area contributed by atoms with Gasteiger partial charge in [-0.3, -0.25) is 0 Å². The highest BCUT2D eigenvalue weighted by atomic mass is 35.5. The maximum absolute atomic E-state index is 5.88. The molecule has 0 aliphatic carbocycles. The summed E-state index contributed by atoms with van der Waals surface area (Å²) >= 11 is 5.88. The van der Waals surface area contributed by atoms with Gasteiger partial charge in [-0.2, -0.15) is 0 Å². The van der Waals surface area contributed by atoms with Crippen molar-refractivity contribution in [2.24, 2.45) is 0 Å². The molecule has 0 aliphatic rings. The quantitative estimate of drug-likeness (QED) is 0.673. The average Bonchev–Trinajstić information content (AvgIpc) is 2.09. The first-order valence-corrected chi connectivity index (χ1v) is 4.66. The molecule has 0 spiro atoms. The van der Waals surface area contributed by atoms with Gasteiger partial charge in [0.1, 0.15) is 6.33 Å². The SMILES string of the molecule is CCCCCc1ncncc1Cl. The lowest BCUT2D eigenvalue weighted by molar-refractivity contribution is 0.706. The number of halogens is 1. The van der Waals surface area contributed by atoms with Gasteiger partial charge in [-0.25, -0.2) is 9.97 Å². The summed E-state index contributed by atoms with van der Waals surface area (Å²) in [5.41, 5.74) is 0.972. The highest BCUT2D eigenvalue weighted by Gasteiger charge is 1.99. The van der Waals surface area contributed by atoms with E-state index in [9.17, 15) is 0 Å². The van der Waals surface area contributed by atoms with E-state index in [0.717, 1.165) is 18.5 Å². The Morgan fingerprint density at radius 3 is 2.92 bits per heavy atom. The fourth-order valence-corrected chi connectivity index (χ4v) is 1.26. The molecule has 2 nitrogen and oxygen atoms in total. The Kier molecular flexibility index (Phi) is 4.01. The second kappa shape index (κ2) is 5.09. The fraction of sp³-hybridized carbons (Fsp3) is 0.556. The van der Waals surface area contributed by atoms with Gasteiger partial charge in [0.25, 0.3) is 0 Å². The maximum atomic E-state index is 5.88. The first-order chi connectivity index (χ1) is 5.84. The number of hydrogen-bond donors (Lipinski definition) is 0. The van der Waals surface area contributed by atoms with Crippen molar-refractivity contribution in [1.29, 1.82) is 0 Å². The van der Waals surface area contributed by atoms with Crippen molar-refractivity contribution >= 4 is 11.6 Å². The van der Waals surface area contributed by atoms with Crippen molar-refractivity contribution in [3.8, 4) is 0 Å². The molecular formula is C9H13ClN2. The number of hydrogen-bond acceptors (Lipinski definition) is 2. The molecule has 0 saturated carbocycles. The minimum Gasteiger partial charge on any atom is -0.243 e. The molecule has 66 valence electrons. The zero-order valence-electron chi connectivity index (χ0n) is 7.26. The molecule has 1 aromatic rings. The number of aryl methyl sites for hydroxylation is 1. The highest BCUT2D eigenvalue weighted by molar-refractivity contribution is 6.31. The summed E-state index contributed by atoms with van der Waals surface area (Å²) in [6, 6.07) is 0. The van der Waals surface area contributed by atoms with Gasteiger partial charge in [0.15, 0.2) is 0 Å². The Bertz CT molecular complexity index is 238. The van der Waals surface area contributed by atoms with Crippen LogP contribution in [0.3, 0.4) is 0 Å². The van der Waals surface area contributed by atoms with E-state index < -0.39 is 0 Å². The van der Waals surface area contributed by atoms with Crippen LogP contribution in [0.5, 0.6) is 0 Å². The zero-order valence-corrected chi connectivity index (χ0v) is 8.01. The van der Waals surface area contributed by atoms with Crippen LogP contribution in [0.15, 0.2) is 12.5 Å². The molecule has 0 saturated heterocycles. The van der Waals surface area contributed by atoms with E-state index in [1.165, 1.54) is 12.8 Å². The Morgan fingerprint density at radius 2 is 2.25 bits per heavy atom. The van der Waals surface area contributed by atoms with Crippen molar-refractivity contribution in [3.63, 3.8) is 0 Å². The van der Waals surface area contributed by atoms with Crippen LogP contribution in [0.4, 0.5) is 0 Å². The van der Waals surface area contributed by atoms with E-state index in [-0.39, 0.29) is 0 Å². The van der Waals surface area contributed by atoms with E-state index in [0.29, 0.717) is 5.02 Å². The molecule has 1 aromatic heterocycles. The summed E-state index contributed by atoms with van der Waals surface area (Å²) in [5.74, 6) is 0. The molecule has 0 bridgehead atoms. The molecule has 1 heterocycles. The predicted octanol–water partition coefficient (Wildman–Crippen LogP) is 2.86. The molecule has 0 unspecified atom stereocenters. The summed E-state index contributed by atoms with van der Waals surface area (Å²) in [4.78, 5) is 7.94. The zero-order chi connectivity index (χ0) is 8.81. The van der Waals surface area contributed by atoms with Gasteiger partial charge in [0.2, 0.25) is 0 Å². The minimum absolute atomic E-state index is 0.689. The predicted molar refractivity (Wildman–Crippen MR) is 50.3 cm³/mol. The smallest absolute Gasteiger partial charge is 0.115 e. The van der Waals surface area contributed by atoms with Gasteiger partial charge in [0.05, 0.1) is 10.7 Å². The normalized spacial score (nSPS) is 10.2. The molecule has 0 amide bonds. The summed E-state index contributed by atoms with van der Waals surface area (Å²) in [7, 11) is 0. The van der Waals surface area contributed by atoms with Gasteiger partial charge < -0.3 is 0 Å². The first kappa shape index (κ1) is 9.46. The second-order valence-electron chi connectivity index (χ2n) is 2.77. The standard InChI is InChI=1S/C9H13ClN2/c1-2-3-4-5-9-8(10)6-11-7-12-9/h6-7H,2-5H2,1H3. The summed E-state index contributed by atoms with van der Waals surface area (Å²) < 4.78 is 0. The largest absolute Gasteiger partial charge is 0.243 e. The first-order valence-electron chi connectivity index (χ1n) is 4.29. The third-order valence-electron chi connectivity index (χ3n) is 1.76. The van der Waals surface area contributed by atoms with Crippen LogP contribution < -0.4 is 0 Å². The monoisotopic (exact) mass is 184 g/mol. The van der Waals surface area contributed by atoms with Crippen LogP contribution in [0, 0.1) is 0 Å². The van der Waals surface area contributed by atoms with Crippen molar-refractivity contribution in [1.82, 2.24) is 9.97 Å². The van der Waals surface area contributed by atoms with Crippen LogP contribution in [-0.2, 0) is 6.42 Å². The van der Waals surface area contributed by atoms with Crippen molar-refractivity contribution < 1.29 is 0 Å². The Labute approximate surface area is 78.0 Å². The molecule has 1 rings (SSSR count). The lowest BCUT2D eigenvalue weighted by atomic mass is 10.1. The van der Waals surface area contributed by atoms with Crippen LogP contribution in [-0.4, -0.2) is 9.97 Å². The lowest BCUT2D eigenvalue weighted by Gasteiger charge is -2.00. The van der Waals surface area contributed by atoms with Crippen LogP contribution in [0.25, 0.3) is 0 Å². The van der Waals surface area contributed by atoms with Gasteiger partial charge in [-0.05, 0) is 12.8 Å². The molecule has 3 heteroatoms. The second-order valence-corrected chi connectivity index (χ2v) is 3.18. The van der Waals surface area contributed by atoms with E-state index in [4.69, 9.17) is 11.6 Å². The highest BCUT2D eigenvalue weighted by Crippen LogP contribution is 2.13. The maximum Gasteiger partial charge on any atom is 0.115 e. The lowest BCUT2D eigenvalue weighted by Crippen LogP contribution is -1.92. The third kappa shape index (κ3) is 2.78. The molecular weight excluding hydrogens is 172 g/mol. The summed E-state index contributed by atoms with van der Waals surface area (Å²) in [5, 5.41) is 0.689. The fourth-order valence-electron chi connectivity index (χ4n) is 1.06. The van der Waals surface area contributed by atoms with Crippen molar-refractivity contribution in [3.05, 3.63) is 23.2 Å². The molecule has 0 atom stereocenters. The van der Waals surface area contributed by atoms with Crippen LogP contribution in [0.1, 0.15) is 31.9 Å². The molecule has 0 N–H and O–H groups in total. The molecule has 12 heavy (non-hydrogen) atoms. The molecule has 0 aliphatic heterocycles.